The summed E-state index contributed by atoms with van der Waals surface area (Å²) in [6, 6.07) is -0.545. The predicted octanol–water partition coefficient (Wildman–Crippen LogP) is -1.01. The normalized spacial score (nSPS) is 34.1. The fraction of sp³-hybridized carbons (Fsp3) is 0.889. The van der Waals surface area contributed by atoms with Gasteiger partial charge in [-0.3, -0.25) is 4.79 Å². The lowest BCUT2D eigenvalue weighted by atomic mass is 9.96. The summed E-state index contributed by atoms with van der Waals surface area (Å²) in [6.07, 6.45) is 0.309. The van der Waals surface area contributed by atoms with E-state index in [-0.39, 0.29) is 18.6 Å². The molecular formula is C9H18N2O3. The minimum absolute atomic E-state index is 0.203. The van der Waals surface area contributed by atoms with Gasteiger partial charge in [0.15, 0.2) is 0 Å². The number of amides is 1. The topological polar surface area (TPSA) is 84.6 Å². The maximum Gasteiger partial charge on any atom is 0.236 e. The first kappa shape index (κ1) is 11.4. The lowest BCUT2D eigenvalue weighted by molar-refractivity contribution is -0.123. The van der Waals surface area contributed by atoms with Crippen LogP contribution in [-0.4, -0.2) is 41.9 Å². The zero-order chi connectivity index (χ0) is 10.8. The van der Waals surface area contributed by atoms with Crippen molar-refractivity contribution in [2.24, 2.45) is 5.73 Å². The van der Waals surface area contributed by atoms with Crippen molar-refractivity contribution in [1.82, 2.24) is 5.32 Å². The van der Waals surface area contributed by atoms with E-state index in [1.165, 1.54) is 0 Å². The van der Waals surface area contributed by atoms with E-state index in [1.807, 2.05) is 0 Å². The van der Waals surface area contributed by atoms with Crippen molar-refractivity contribution in [1.29, 1.82) is 0 Å². The molecule has 14 heavy (non-hydrogen) atoms. The summed E-state index contributed by atoms with van der Waals surface area (Å²) < 4.78 is 5.23. The third kappa shape index (κ3) is 2.43. The number of nitrogens with two attached hydrogens (primary N) is 1. The van der Waals surface area contributed by atoms with Crippen molar-refractivity contribution >= 4 is 5.91 Å². The SMILES string of the molecule is CC1OCCC1(O)CNC(=O)[C@H](C)N. The highest BCUT2D eigenvalue weighted by atomic mass is 16.5. The monoisotopic (exact) mass is 202 g/mol. The van der Waals surface area contributed by atoms with E-state index in [9.17, 15) is 9.90 Å². The maximum absolute atomic E-state index is 11.2. The predicted molar refractivity (Wildman–Crippen MR) is 51.6 cm³/mol. The Labute approximate surface area is 83.6 Å². The van der Waals surface area contributed by atoms with Crippen molar-refractivity contribution in [3.63, 3.8) is 0 Å². The van der Waals surface area contributed by atoms with Gasteiger partial charge in [0, 0.05) is 19.6 Å². The second kappa shape index (κ2) is 4.25. The highest BCUT2D eigenvalue weighted by Crippen LogP contribution is 2.24. The molecule has 1 amide bonds. The number of rotatable bonds is 3. The second-order valence-electron chi connectivity index (χ2n) is 3.87. The lowest BCUT2D eigenvalue weighted by Gasteiger charge is -2.26. The van der Waals surface area contributed by atoms with Gasteiger partial charge in [-0.2, -0.15) is 0 Å². The van der Waals surface area contributed by atoms with Gasteiger partial charge in [-0.25, -0.2) is 0 Å². The molecule has 3 atom stereocenters. The van der Waals surface area contributed by atoms with E-state index in [4.69, 9.17) is 10.5 Å². The Kier molecular flexibility index (Phi) is 3.47. The van der Waals surface area contributed by atoms with Crippen LogP contribution in [0.3, 0.4) is 0 Å². The third-order valence-corrected chi connectivity index (χ3v) is 2.64. The molecule has 0 aromatic rings. The molecule has 0 saturated carbocycles. The number of hydrogen-bond donors (Lipinski definition) is 3. The van der Waals surface area contributed by atoms with Crippen LogP contribution >= 0.6 is 0 Å². The van der Waals surface area contributed by atoms with E-state index in [0.717, 1.165) is 0 Å². The number of nitrogens with one attached hydrogen (secondary N) is 1. The number of carbonyl (C=O) groups is 1. The van der Waals surface area contributed by atoms with E-state index in [2.05, 4.69) is 5.32 Å². The molecule has 0 aromatic carbocycles. The van der Waals surface area contributed by atoms with Gasteiger partial charge >= 0.3 is 0 Å². The van der Waals surface area contributed by atoms with Crippen LogP contribution in [0.1, 0.15) is 20.3 Å². The molecule has 4 N–H and O–H groups in total. The number of hydrogen-bond acceptors (Lipinski definition) is 4. The Morgan fingerprint density at radius 3 is 2.93 bits per heavy atom. The molecule has 0 radical (unpaired) electrons. The van der Waals surface area contributed by atoms with Gasteiger partial charge in [0.05, 0.1) is 12.1 Å². The van der Waals surface area contributed by atoms with Crippen LogP contribution in [0, 0.1) is 0 Å². The van der Waals surface area contributed by atoms with Crippen molar-refractivity contribution < 1.29 is 14.6 Å². The molecule has 1 saturated heterocycles. The average molecular weight is 202 g/mol. The Bertz CT molecular complexity index is 220. The van der Waals surface area contributed by atoms with Crippen LogP contribution < -0.4 is 11.1 Å². The van der Waals surface area contributed by atoms with Gasteiger partial charge in [0.1, 0.15) is 5.60 Å². The molecule has 5 heteroatoms. The smallest absolute Gasteiger partial charge is 0.236 e. The summed E-state index contributed by atoms with van der Waals surface area (Å²) in [5.41, 5.74) is 4.43. The Morgan fingerprint density at radius 2 is 2.50 bits per heavy atom. The van der Waals surface area contributed by atoms with E-state index in [1.54, 1.807) is 13.8 Å². The quantitative estimate of drug-likeness (QED) is 0.547. The molecule has 0 aromatic heterocycles. The molecule has 1 heterocycles. The zero-order valence-electron chi connectivity index (χ0n) is 8.62. The Balaban J connectivity index is 2.40. The summed E-state index contributed by atoms with van der Waals surface area (Å²) in [4.78, 5) is 11.2. The van der Waals surface area contributed by atoms with E-state index in [0.29, 0.717) is 13.0 Å². The molecule has 2 unspecified atom stereocenters. The molecule has 1 aliphatic heterocycles. The molecule has 0 bridgehead atoms. The molecular weight excluding hydrogens is 184 g/mol. The van der Waals surface area contributed by atoms with Crippen LogP contribution in [0.2, 0.25) is 0 Å². The van der Waals surface area contributed by atoms with Crippen LogP contribution in [-0.2, 0) is 9.53 Å². The summed E-state index contributed by atoms with van der Waals surface area (Å²) in [5, 5.41) is 12.6. The zero-order valence-corrected chi connectivity index (χ0v) is 8.62. The minimum Gasteiger partial charge on any atom is -0.385 e. The van der Waals surface area contributed by atoms with Gasteiger partial charge in [-0.05, 0) is 13.8 Å². The van der Waals surface area contributed by atoms with Crippen LogP contribution in [0.25, 0.3) is 0 Å². The van der Waals surface area contributed by atoms with Crippen molar-refractivity contribution in [3.05, 3.63) is 0 Å². The summed E-state index contributed by atoms with van der Waals surface area (Å²) in [6.45, 7) is 4.14. The van der Waals surface area contributed by atoms with Gasteiger partial charge in [0.25, 0.3) is 0 Å². The summed E-state index contributed by atoms with van der Waals surface area (Å²) in [5.74, 6) is -0.252. The van der Waals surface area contributed by atoms with Gasteiger partial charge < -0.3 is 20.9 Å². The van der Waals surface area contributed by atoms with E-state index < -0.39 is 11.6 Å². The molecule has 0 aliphatic carbocycles. The second-order valence-corrected chi connectivity index (χ2v) is 3.87. The van der Waals surface area contributed by atoms with Gasteiger partial charge in [-0.1, -0.05) is 0 Å². The highest BCUT2D eigenvalue weighted by Gasteiger charge is 2.39. The molecule has 1 aliphatic rings. The standard InChI is InChI=1S/C9H18N2O3/c1-6(10)8(12)11-5-9(13)3-4-14-7(9)2/h6-7,13H,3-5,10H2,1-2H3,(H,11,12)/t6-,7?,9?/m0/s1. The number of ether oxygens (including phenoxy) is 1. The third-order valence-electron chi connectivity index (χ3n) is 2.64. The van der Waals surface area contributed by atoms with Crippen LogP contribution in [0.15, 0.2) is 0 Å². The first-order valence-electron chi connectivity index (χ1n) is 4.83. The molecule has 1 rings (SSSR count). The van der Waals surface area contributed by atoms with Crippen molar-refractivity contribution in [2.75, 3.05) is 13.2 Å². The Morgan fingerprint density at radius 1 is 1.86 bits per heavy atom. The van der Waals surface area contributed by atoms with Crippen molar-refractivity contribution in [2.45, 2.75) is 38.0 Å². The summed E-state index contributed by atoms with van der Waals surface area (Å²) >= 11 is 0. The Hall–Kier alpha value is -0.650. The largest absolute Gasteiger partial charge is 0.385 e. The average Bonchev–Trinajstić information content (AvgIpc) is 2.44. The van der Waals surface area contributed by atoms with Crippen LogP contribution in [0.4, 0.5) is 0 Å². The molecule has 1 fully saturated rings. The van der Waals surface area contributed by atoms with Gasteiger partial charge in [0.2, 0.25) is 5.91 Å². The fourth-order valence-electron chi connectivity index (χ4n) is 1.40. The van der Waals surface area contributed by atoms with Crippen molar-refractivity contribution in [3.8, 4) is 0 Å². The number of carbonyl (C=O) groups excluding carboxylic acids is 1. The molecule has 82 valence electrons. The fourth-order valence-corrected chi connectivity index (χ4v) is 1.40. The summed E-state index contributed by atoms with van der Waals surface area (Å²) in [7, 11) is 0. The molecule has 5 nitrogen and oxygen atoms in total. The van der Waals surface area contributed by atoms with E-state index >= 15 is 0 Å². The first-order chi connectivity index (χ1) is 6.46. The number of aliphatic hydroxyl groups is 1. The molecule has 0 spiro atoms. The lowest BCUT2D eigenvalue weighted by Crippen LogP contribution is -2.50. The van der Waals surface area contributed by atoms with Crippen LogP contribution in [0.5, 0.6) is 0 Å². The first-order valence-corrected chi connectivity index (χ1v) is 4.83. The minimum atomic E-state index is -0.940. The maximum atomic E-state index is 11.2. The highest BCUT2D eigenvalue weighted by molar-refractivity contribution is 5.81. The van der Waals surface area contributed by atoms with Gasteiger partial charge in [-0.15, -0.1) is 0 Å².